The van der Waals surface area contributed by atoms with Crippen LogP contribution in [0, 0.1) is 0 Å². The molecule has 0 fully saturated rings. The highest BCUT2D eigenvalue weighted by Crippen LogP contribution is 2.14. The highest BCUT2D eigenvalue weighted by molar-refractivity contribution is 7.79. The fourth-order valence-electron chi connectivity index (χ4n) is 1.21. The first-order valence-corrected chi connectivity index (χ1v) is 5.66. The highest BCUT2D eigenvalue weighted by Gasteiger charge is 1.89. The highest BCUT2D eigenvalue weighted by atomic mass is 32.1. The van der Waals surface area contributed by atoms with Crippen molar-refractivity contribution < 1.29 is 0 Å². The first kappa shape index (κ1) is 11.7. The van der Waals surface area contributed by atoms with Gasteiger partial charge in [0.05, 0.1) is 0 Å². The second-order valence-electron chi connectivity index (χ2n) is 2.86. The molecule has 2 aromatic carbocycles. The third-order valence-electron chi connectivity index (χ3n) is 1.84. The normalized spacial score (nSPS) is 8.67. The van der Waals surface area contributed by atoms with Crippen LogP contribution in [0.4, 0.5) is 11.4 Å². The molecule has 78 valence electrons. The number of hydrogen-bond donors (Lipinski definition) is 2. The molecule has 0 spiro atoms. The molecular formula is C13H15NS. The predicted molar refractivity (Wildman–Crippen MR) is 71.1 cm³/mol. The lowest BCUT2D eigenvalue weighted by molar-refractivity contribution is 1.55. The van der Waals surface area contributed by atoms with Crippen LogP contribution in [0.15, 0.2) is 60.7 Å². The summed E-state index contributed by atoms with van der Waals surface area (Å²) in [7, 11) is 0. The van der Waals surface area contributed by atoms with Crippen molar-refractivity contribution in [3.8, 4) is 0 Å². The third-order valence-corrected chi connectivity index (χ3v) is 1.84. The molecule has 0 atom stereocenters. The Hall–Kier alpha value is -1.41. The largest absolute Gasteiger partial charge is 0.356 e. The van der Waals surface area contributed by atoms with Crippen molar-refractivity contribution in [1.82, 2.24) is 0 Å². The Balaban J connectivity index is 0.000000531. The van der Waals surface area contributed by atoms with Crippen LogP contribution in [0.3, 0.4) is 0 Å². The number of anilines is 2. The van der Waals surface area contributed by atoms with Crippen molar-refractivity contribution in [3.63, 3.8) is 0 Å². The molecule has 2 heteroatoms. The molecule has 0 unspecified atom stereocenters. The minimum absolute atomic E-state index is 1.12. The molecule has 0 radical (unpaired) electrons. The molecule has 0 heterocycles. The van der Waals surface area contributed by atoms with Crippen molar-refractivity contribution in [1.29, 1.82) is 0 Å². The number of thiol groups is 1. The van der Waals surface area contributed by atoms with E-state index in [9.17, 15) is 0 Å². The Kier molecular flexibility index (Phi) is 5.41. The summed E-state index contributed by atoms with van der Waals surface area (Å²) in [5.41, 5.74) is 2.24. The number of nitrogens with one attached hydrogen (secondary N) is 1. The Labute approximate surface area is 96.6 Å². The zero-order chi connectivity index (χ0) is 10.9. The fraction of sp³-hybridized carbons (Fsp3) is 0.0769. The van der Waals surface area contributed by atoms with E-state index in [0.717, 1.165) is 11.4 Å². The van der Waals surface area contributed by atoms with Gasteiger partial charge in [-0.1, -0.05) is 36.4 Å². The smallest absolute Gasteiger partial charge is 0.0384 e. The summed E-state index contributed by atoms with van der Waals surface area (Å²) < 4.78 is 0. The summed E-state index contributed by atoms with van der Waals surface area (Å²) in [6, 6.07) is 20.3. The molecule has 0 aliphatic rings. The summed E-state index contributed by atoms with van der Waals surface area (Å²) >= 11 is 3.53. The quantitative estimate of drug-likeness (QED) is 0.725. The number of benzene rings is 2. The number of hydrogen-bond acceptors (Lipinski definition) is 2. The first-order chi connectivity index (χ1) is 7.45. The molecule has 1 N–H and O–H groups in total. The summed E-state index contributed by atoms with van der Waals surface area (Å²) in [5, 5.41) is 3.30. The summed E-state index contributed by atoms with van der Waals surface area (Å²) in [6.07, 6.45) is 1.69. The summed E-state index contributed by atoms with van der Waals surface area (Å²) in [5.74, 6) is 0. The topological polar surface area (TPSA) is 12.0 Å². The van der Waals surface area contributed by atoms with Crippen molar-refractivity contribution in [3.05, 3.63) is 60.7 Å². The minimum atomic E-state index is 1.12. The van der Waals surface area contributed by atoms with Gasteiger partial charge in [-0.25, -0.2) is 0 Å². The van der Waals surface area contributed by atoms with E-state index in [2.05, 4.69) is 17.9 Å². The van der Waals surface area contributed by atoms with E-state index in [1.54, 1.807) is 6.26 Å². The Morgan fingerprint density at radius 1 is 0.667 bits per heavy atom. The lowest BCUT2D eigenvalue weighted by atomic mass is 10.3. The van der Waals surface area contributed by atoms with Crippen LogP contribution < -0.4 is 5.32 Å². The molecule has 0 aliphatic heterocycles. The summed E-state index contributed by atoms with van der Waals surface area (Å²) in [4.78, 5) is 0. The van der Waals surface area contributed by atoms with E-state index in [-0.39, 0.29) is 0 Å². The molecule has 0 bridgehead atoms. The maximum atomic E-state index is 3.53. The lowest BCUT2D eigenvalue weighted by Gasteiger charge is -2.04. The average molecular weight is 217 g/mol. The molecule has 0 saturated carbocycles. The zero-order valence-electron chi connectivity index (χ0n) is 8.72. The van der Waals surface area contributed by atoms with E-state index in [4.69, 9.17) is 0 Å². The molecule has 2 rings (SSSR count). The molecule has 0 saturated heterocycles. The Bertz CT molecular complexity index is 321. The van der Waals surface area contributed by atoms with Crippen LogP contribution >= 0.6 is 12.6 Å². The molecule has 0 aliphatic carbocycles. The van der Waals surface area contributed by atoms with E-state index < -0.39 is 0 Å². The van der Waals surface area contributed by atoms with Gasteiger partial charge in [-0.05, 0) is 30.5 Å². The van der Waals surface area contributed by atoms with Crippen LogP contribution in [0.5, 0.6) is 0 Å². The Morgan fingerprint density at radius 2 is 1.00 bits per heavy atom. The van der Waals surface area contributed by atoms with Gasteiger partial charge >= 0.3 is 0 Å². The monoisotopic (exact) mass is 217 g/mol. The van der Waals surface area contributed by atoms with Gasteiger partial charge in [-0.3, -0.25) is 0 Å². The van der Waals surface area contributed by atoms with Crippen molar-refractivity contribution >= 4 is 24.0 Å². The van der Waals surface area contributed by atoms with Gasteiger partial charge in [0.25, 0.3) is 0 Å². The Morgan fingerprint density at radius 3 is 1.33 bits per heavy atom. The predicted octanol–water partition coefficient (Wildman–Crippen LogP) is 3.98. The molecule has 15 heavy (non-hydrogen) atoms. The van der Waals surface area contributed by atoms with Gasteiger partial charge in [0, 0.05) is 11.4 Å². The van der Waals surface area contributed by atoms with Crippen molar-refractivity contribution in [2.45, 2.75) is 0 Å². The lowest BCUT2D eigenvalue weighted by Crippen LogP contribution is -1.87. The molecule has 2 aromatic rings. The van der Waals surface area contributed by atoms with Gasteiger partial charge in [-0.2, -0.15) is 12.6 Å². The van der Waals surface area contributed by atoms with Gasteiger partial charge in [0.2, 0.25) is 0 Å². The molecule has 0 aromatic heterocycles. The molecule has 1 nitrogen and oxygen atoms in total. The standard InChI is InChI=1S/C12H11N.CH4S/c1-3-7-11(8-4-1)13-12-9-5-2-6-10-12;1-2/h1-10,13H;2H,1H3. The van der Waals surface area contributed by atoms with Crippen LogP contribution in [-0.4, -0.2) is 6.26 Å². The van der Waals surface area contributed by atoms with E-state index >= 15 is 0 Å². The summed E-state index contributed by atoms with van der Waals surface area (Å²) in [6.45, 7) is 0. The van der Waals surface area contributed by atoms with E-state index in [1.807, 2.05) is 60.7 Å². The van der Waals surface area contributed by atoms with E-state index in [1.165, 1.54) is 0 Å². The maximum Gasteiger partial charge on any atom is 0.0384 e. The van der Waals surface area contributed by atoms with Crippen molar-refractivity contribution in [2.75, 3.05) is 11.6 Å². The minimum Gasteiger partial charge on any atom is -0.356 e. The molecular weight excluding hydrogens is 202 g/mol. The zero-order valence-corrected chi connectivity index (χ0v) is 9.62. The van der Waals surface area contributed by atoms with Gasteiger partial charge in [0.15, 0.2) is 0 Å². The third kappa shape index (κ3) is 4.09. The first-order valence-electron chi connectivity index (χ1n) is 4.77. The van der Waals surface area contributed by atoms with Crippen LogP contribution in [0.25, 0.3) is 0 Å². The molecule has 0 amide bonds. The van der Waals surface area contributed by atoms with Crippen molar-refractivity contribution in [2.24, 2.45) is 0 Å². The van der Waals surface area contributed by atoms with Crippen LogP contribution in [0.1, 0.15) is 0 Å². The fourth-order valence-corrected chi connectivity index (χ4v) is 1.21. The van der Waals surface area contributed by atoms with E-state index in [0.29, 0.717) is 0 Å². The van der Waals surface area contributed by atoms with Gasteiger partial charge in [-0.15, -0.1) is 0 Å². The second kappa shape index (κ2) is 6.96. The second-order valence-corrected chi connectivity index (χ2v) is 2.86. The number of rotatable bonds is 2. The van der Waals surface area contributed by atoms with Crippen LogP contribution in [0.2, 0.25) is 0 Å². The number of para-hydroxylation sites is 2. The SMILES string of the molecule is CS.c1ccc(Nc2ccccc2)cc1. The van der Waals surface area contributed by atoms with Gasteiger partial charge in [0.1, 0.15) is 0 Å². The van der Waals surface area contributed by atoms with Gasteiger partial charge < -0.3 is 5.32 Å². The average Bonchev–Trinajstić information content (AvgIpc) is 2.34. The van der Waals surface area contributed by atoms with Crippen LogP contribution in [-0.2, 0) is 0 Å². The maximum absolute atomic E-state index is 3.53.